The second kappa shape index (κ2) is 10.5. The summed E-state index contributed by atoms with van der Waals surface area (Å²) in [4.78, 5) is 10.2. The van der Waals surface area contributed by atoms with Gasteiger partial charge in [-0.05, 0) is 48.8 Å². The highest BCUT2D eigenvalue weighted by atomic mass is 32.2. The Morgan fingerprint density at radius 3 is 2.38 bits per heavy atom. The molecule has 0 amide bonds. The van der Waals surface area contributed by atoms with Crippen molar-refractivity contribution < 1.29 is 23.4 Å². The van der Waals surface area contributed by atoms with Crippen LogP contribution < -0.4 is 0 Å². The minimum atomic E-state index is -0.439. The quantitative estimate of drug-likeness (QED) is 0.823. The molecule has 6 heteroatoms. The van der Waals surface area contributed by atoms with Gasteiger partial charge in [0.15, 0.2) is 0 Å². The Morgan fingerprint density at radius 2 is 2.00 bits per heavy atom. The van der Waals surface area contributed by atoms with Crippen LogP contribution >= 0.6 is 11.8 Å². The molecule has 1 heterocycles. The first kappa shape index (κ1) is 20.6. The van der Waals surface area contributed by atoms with Crippen LogP contribution in [0.2, 0.25) is 0 Å². The van der Waals surface area contributed by atoms with Crippen LogP contribution in [-0.2, 0) is 9.53 Å². The highest BCUT2D eigenvalue weighted by molar-refractivity contribution is 7.99. The summed E-state index contributed by atoms with van der Waals surface area (Å²) in [6.07, 6.45) is 3.02. The first-order valence-corrected chi connectivity index (χ1v) is 9.05. The second-order valence-corrected chi connectivity index (χ2v) is 6.63. The lowest BCUT2D eigenvalue weighted by atomic mass is 10.0. The number of carbonyl (C=O) groups is 1. The van der Waals surface area contributed by atoms with E-state index in [-0.39, 0.29) is 24.2 Å². The number of rotatable bonds is 4. The molecular weight excluding hydrogens is 334 g/mol. The molecule has 1 aromatic rings. The molecule has 0 bridgehead atoms. The van der Waals surface area contributed by atoms with Crippen LogP contribution in [0, 0.1) is 18.6 Å². The number of aliphatic hydroxyl groups is 1. The van der Waals surface area contributed by atoms with Crippen molar-refractivity contribution in [2.75, 3.05) is 18.1 Å². The Balaban J connectivity index is 0.000000277. The largest absolute Gasteiger partial charge is 0.460 e. The van der Waals surface area contributed by atoms with Crippen molar-refractivity contribution in [2.45, 2.75) is 39.7 Å². The van der Waals surface area contributed by atoms with E-state index in [0.29, 0.717) is 12.0 Å². The molecule has 0 saturated carbocycles. The van der Waals surface area contributed by atoms with E-state index in [2.05, 4.69) is 4.74 Å². The van der Waals surface area contributed by atoms with Crippen molar-refractivity contribution in [3.63, 3.8) is 0 Å². The van der Waals surface area contributed by atoms with Gasteiger partial charge in [0.2, 0.25) is 0 Å². The molecule has 134 valence electrons. The SMILES string of the molecule is CCC(CO)OC(C)=O.Cc1cc(F)c(C2=CCSCC2)c(F)c1. The summed E-state index contributed by atoms with van der Waals surface area (Å²) in [6.45, 7) is 4.79. The maximum atomic E-state index is 13.6. The number of aryl methyl sites for hydroxylation is 1. The summed E-state index contributed by atoms with van der Waals surface area (Å²) in [6, 6.07) is 2.78. The van der Waals surface area contributed by atoms with E-state index in [0.717, 1.165) is 23.5 Å². The van der Waals surface area contributed by atoms with Crippen molar-refractivity contribution in [1.29, 1.82) is 0 Å². The molecule has 24 heavy (non-hydrogen) atoms. The number of thioether (sulfide) groups is 1. The van der Waals surface area contributed by atoms with Crippen LogP contribution in [0.15, 0.2) is 18.2 Å². The van der Waals surface area contributed by atoms with Crippen LogP contribution in [0.25, 0.3) is 5.57 Å². The summed E-state index contributed by atoms with van der Waals surface area (Å²) in [5.41, 5.74) is 1.60. The third-order valence-corrected chi connectivity index (χ3v) is 4.36. The van der Waals surface area contributed by atoms with Crippen molar-refractivity contribution in [2.24, 2.45) is 0 Å². The summed E-state index contributed by atoms with van der Waals surface area (Å²) in [7, 11) is 0. The van der Waals surface area contributed by atoms with Gasteiger partial charge in [0.25, 0.3) is 0 Å². The fraction of sp³-hybridized carbons (Fsp3) is 0.500. The van der Waals surface area contributed by atoms with Gasteiger partial charge < -0.3 is 9.84 Å². The van der Waals surface area contributed by atoms with Crippen LogP contribution in [0.1, 0.15) is 37.8 Å². The normalized spacial score (nSPS) is 15.0. The predicted octanol–water partition coefficient (Wildman–Crippen LogP) is 4.11. The van der Waals surface area contributed by atoms with Gasteiger partial charge in [-0.2, -0.15) is 11.8 Å². The third kappa shape index (κ3) is 6.61. The van der Waals surface area contributed by atoms with Gasteiger partial charge in [0.1, 0.15) is 17.7 Å². The lowest BCUT2D eigenvalue weighted by molar-refractivity contribution is -0.148. The molecule has 0 aromatic heterocycles. The van der Waals surface area contributed by atoms with Gasteiger partial charge in [-0.15, -0.1) is 0 Å². The van der Waals surface area contributed by atoms with Crippen LogP contribution in [0.4, 0.5) is 8.78 Å². The fourth-order valence-electron chi connectivity index (χ4n) is 2.25. The van der Waals surface area contributed by atoms with Gasteiger partial charge in [-0.3, -0.25) is 4.79 Å². The monoisotopic (exact) mass is 358 g/mol. The highest BCUT2D eigenvalue weighted by Gasteiger charge is 2.16. The zero-order valence-electron chi connectivity index (χ0n) is 14.3. The molecule has 1 atom stereocenters. The second-order valence-electron chi connectivity index (χ2n) is 5.48. The van der Waals surface area contributed by atoms with E-state index < -0.39 is 11.6 Å². The number of ether oxygens (including phenoxy) is 1. The summed E-state index contributed by atoms with van der Waals surface area (Å²) >= 11 is 1.79. The van der Waals surface area contributed by atoms with E-state index >= 15 is 0 Å². The zero-order chi connectivity index (χ0) is 18.1. The molecule has 1 aliphatic heterocycles. The molecular formula is C18H24F2O3S. The Morgan fingerprint density at radius 1 is 1.38 bits per heavy atom. The fourth-order valence-corrected chi connectivity index (χ4v) is 3.10. The number of carbonyl (C=O) groups excluding carboxylic acids is 1. The van der Waals surface area contributed by atoms with Gasteiger partial charge in [-0.25, -0.2) is 8.78 Å². The maximum Gasteiger partial charge on any atom is 0.302 e. The third-order valence-electron chi connectivity index (χ3n) is 3.46. The minimum absolute atomic E-state index is 0.0872. The van der Waals surface area contributed by atoms with Gasteiger partial charge in [0.05, 0.1) is 6.61 Å². The Labute approximate surface area is 146 Å². The average Bonchev–Trinajstić information content (AvgIpc) is 2.53. The van der Waals surface area contributed by atoms with E-state index in [1.54, 1.807) is 18.7 Å². The van der Waals surface area contributed by atoms with E-state index in [1.165, 1.54) is 19.1 Å². The summed E-state index contributed by atoms with van der Waals surface area (Å²) in [5, 5.41) is 8.50. The number of hydrogen-bond donors (Lipinski definition) is 1. The Kier molecular flexibility index (Phi) is 9.00. The average molecular weight is 358 g/mol. The molecule has 1 N–H and O–H groups in total. The number of allylic oxidation sites excluding steroid dienone is 1. The van der Waals surface area contributed by atoms with Crippen LogP contribution in [-0.4, -0.2) is 35.3 Å². The van der Waals surface area contributed by atoms with E-state index in [1.807, 2.05) is 13.0 Å². The smallest absolute Gasteiger partial charge is 0.302 e. The van der Waals surface area contributed by atoms with Crippen LogP contribution in [0.3, 0.4) is 0 Å². The lowest BCUT2D eigenvalue weighted by Gasteiger charge is -2.14. The maximum absolute atomic E-state index is 13.6. The summed E-state index contributed by atoms with van der Waals surface area (Å²) in [5.74, 6) is 0.577. The first-order valence-electron chi connectivity index (χ1n) is 7.89. The molecule has 3 nitrogen and oxygen atoms in total. The number of hydrogen-bond acceptors (Lipinski definition) is 4. The van der Waals surface area contributed by atoms with Crippen molar-refractivity contribution >= 4 is 23.3 Å². The topological polar surface area (TPSA) is 46.5 Å². The lowest BCUT2D eigenvalue weighted by Crippen LogP contribution is -2.18. The molecule has 0 radical (unpaired) electrons. The number of benzene rings is 1. The van der Waals surface area contributed by atoms with Gasteiger partial charge in [-0.1, -0.05) is 13.0 Å². The van der Waals surface area contributed by atoms with Crippen molar-refractivity contribution in [3.8, 4) is 0 Å². The summed E-state index contributed by atoms with van der Waals surface area (Å²) < 4.78 is 31.9. The molecule has 0 fully saturated rings. The Hall–Kier alpha value is -1.40. The van der Waals surface area contributed by atoms with Crippen molar-refractivity contribution in [1.82, 2.24) is 0 Å². The Bertz CT molecular complexity index is 561. The molecule has 0 aliphatic carbocycles. The number of esters is 1. The standard InChI is InChI=1S/C12H12F2S.C6H12O3/c1-8-6-10(13)12(11(14)7-8)9-2-4-15-5-3-9;1-3-6(4-7)9-5(2)8/h2,6-7H,3-5H2,1H3;6-7H,3-4H2,1-2H3. The molecule has 2 rings (SSSR count). The number of halogens is 2. The molecule has 0 spiro atoms. The van der Waals surface area contributed by atoms with Gasteiger partial charge >= 0.3 is 5.97 Å². The van der Waals surface area contributed by atoms with E-state index in [4.69, 9.17) is 5.11 Å². The first-order chi connectivity index (χ1) is 11.4. The van der Waals surface area contributed by atoms with E-state index in [9.17, 15) is 13.6 Å². The predicted molar refractivity (Wildman–Crippen MR) is 93.9 cm³/mol. The number of aliphatic hydroxyl groups excluding tert-OH is 1. The minimum Gasteiger partial charge on any atom is -0.460 e. The molecule has 1 aromatic carbocycles. The molecule has 1 aliphatic rings. The van der Waals surface area contributed by atoms with Crippen LogP contribution in [0.5, 0.6) is 0 Å². The van der Waals surface area contributed by atoms with Gasteiger partial charge in [0, 0.05) is 18.2 Å². The van der Waals surface area contributed by atoms with Crippen molar-refractivity contribution in [3.05, 3.63) is 41.0 Å². The molecule has 1 unspecified atom stereocenters. The molecule has 0 saturated heterocycles. The highest BCUT2D eigenvalue weighted by Crippen LogP contribution is 2.30. The zero-order valence-corrected chi connectivity index (χ0v) is 15.1.